The van der Waals surface area contributed by atoms with Gasteiger partial charge in [-0.05, 0) is 26.0 Å². The Bertz CT molecular complexity index is 643. The highest BCUT2D eigenvalue weighted by molar-refractivity contribution is 6.34. The highest BCUT2D eigenvalue weighted by Gasteiger charge is 2.34. The van der Waals surface area contributed by atoms with Gasteiger partial charge in [-0.25, -0.2) is 0 Å². The summed E-state index contributed by atoms with van der Waals surface area (Å²) in [4.78, 5) is 24.0. The molecule has 0 aliphatic rings. The third-order valence-corrected chi connectivity index (χ3v) is 3.14. The first-order valence-corrected chi connectivity index (χ1v) is 6.97. The van der Waals surface area contributed by atoms with Crippen LogP contribution in [0.25, 0.3) is 11.0 Å². The number of carbonyl (C=O) groups is 2. The minimum Gasteiger partial charge on any atom is -0.465 e. The fourth-order valence-corrected chi connectivity index (χ4v) is 2.19. The lowest BCUT2D eigenvalue weighted by atomic mass is 10.1. The third-order valence-electron chi connectivity index (χ3n) is 2.84. The van der Waals surface area contributed by atoms with Crippen molar-refractivity contribution in [3.8, 4) is 0 Å². The van der Waals surface area contributed by atoms with Crippen LogP contribution in [-0.2, 0) is 19.1 Å². The molecule has 0 saturated carbocycles. The molecular formula is C15H15ClO5. The molecule has 1 aromatic heterocycles. The summed E-state index contributed by atoms with van der Waals surface area (Å²) >= 11 is 6.03. The predicted octanol–water partition coefficient (Wildman–Crippen LogP) is 3.30. The molecule has 0 atom stereocenters. The van der Waals surface area contributed by atoms with Gasteiger partial charge in [0.05, 0.1) is 18.2 Å². The van der Waals surface area contributed by atoms with Gasteiger partial charge in [0.2, 0.25) is 5.92 Å². The van der Waals surface area contributed by atoms with Gasteiger partial charge in [0, 0.05) is 5.39 Å². The van der Waals surface area contributed by atoms with Gasteiger partial charge in [0.25, 0.3) is 0 Å². The summed E-state index contributed by atoms with van der Waals surface area (Å²) in [7, 11) is 0. The number of hydrogen-bond donors (Lipinski definition) is 0. The molecule has 0 unspecified atom stereocenters. The van der Waals surface area contributed by atoms with Gasteiger partial charge >= 0.3 is 11.9 Å². The molecule has 2 rings (SSSR count). The number of esters is 2. The van der Waals surface area contributed by atoms with E-state index in [9.17, 15) is 9.59 Å². The largest absolute Gasteiger partial charge is 0.465 e. The molecule has 0 radical (unpaired) electrons. The van der Waals surface area contributed by atoms with Crippen molar-refractivity contribution >= 4 is 34.5 Å². The van der Waals surface area contributed by atoms with E-state index in [-0.39, 0.29) is 19.0 Å². The molecule has 0 spiro atoms. The molecule has 0 saturated heterocycles. The molecule has 0 bridgehead atoms. The van der Waals surface area contributed by atoms with Crippen LogP contribution in [0.3, 0.4) is 0 Å². The molecule has 1 heterocycles. The lowest BCUT2D eigenvalue weighted by Crippen LogP contribution is -2.25. The van der Waals surface area contributed by atoms with E-state index in [1.54, 1.807) is 38.1 Å². The van der Waals surface area contributed by atoms with Gasteiger partial charge in [-0.3, -0.25) is 9.59 Å². The maximum absolute atomic E-state index is 12.0. The Hall–Kier alpha value is -2.01. The van der Waals surface area contributed by atoms with Crippen LogP contribution in [0, 0.1) is 0 Å². The highest BCUT2D eigenvalue weighted by atomic mass is 35.5. The average Bonchev–Trinajstić information content (AvgIpc) is 2.84. The molecule has 112 valence electrons. The summed E-state index contributed by atoms with van der Waals surface area (Å²) in [5.74, 6) is -2.49. The molecule has 0 fully saturated rings. The fourth-order valence-electron chi connectivity index (χ4n) is 1.97. The molecule has 6 heteroatoms. The Morgan fingerprint density at radius 3 is 2.33 bits per heavy atom. The SMILES string of the molecule is CCOC(=O)C(C(=O)OCC)c1cc2cccc(Cl)c2o1. The van der Waals surface area contributed by atoms with Gasteiger partial charge in [-0.2, -0.15) is 0 Å². The second-order valence-corrected chi connectivity index (χ2v) is 4.65. The zero-order valence-electron chi connectivity index (χ0n) is 11.7. The van der Waals surface area contributed by atoms with Crippen molar-refractivity contribution in [1.82, 2.24) is 0 Å². The first-order chi connectivity index (χ1) is 10.1. The molecule has 21 heavy (non-hydrogen) atoms. The predicted molar refractivity (Wildman–Crippen MR) is 77.2 cm³/mol. The first-order valence-electron chi connectivity index (χ1n) is 6.59. The smallest absolute Gasteiger partial charge is 0.328 e. The van der Waals surface area contributed by atoms with Crippen LogP contribution < -0.4 is 0 Å². The number of fused-ring (bicyclic) bond motifs is 1. The van der Waals surface area contributed by atoms with Gasteiger partial charge < -0.3 is 13.9 Å². The van der Waals surface area contributed by atoms with E-state index in [1.165, 1.54) is 0 Å². The minimum absolute atomic E-state index is 0.162. The van der Waals surface area contributed by atoms with Crippen molar-refractivity contribution in [2.75, 3.05) is 13.2 Å². The van der Waals surface area contributed by atoms with Crippen LogP contribution in [0.1, 0.15) is 25.5 Å². The fraction of sp³-hybridized carbons (Fsp3) is 0.333. The standard InChI is InChI=1S/C15H15ClO5/c1-3-19-14(17)12(15(18)20-4-2)11-8-9-6-5-7-10(16)13(9)21-11/h5-8,12H,3-4H2,1-2H3. The molecule has 2 aromatic rings. The van der Waals surface area contributed by atoms with E-state index >= 15 is 0 Å². The monoisotopic (exact) mass is 310 g/mol. The van der Waals surface area contributed by atoms with Crippen molar-refractivity contribution < 1.29 is 23.5 Å². The lowest BCUT2D eigenvalue weighted by molar-refractivity contribution is -0.157. The lowest BCUT2D eigenvalue weighted by Gasteiger charge is -2.11. The van der Waals surface area contributed by atoms with Gasteiger partial charge in [0.15, 0.2) is 5.58 Å². The van der Waals surface area contributed by atoms with Gasteiger partial charge in [0.1, 0.15) is 5.76 Å². The maximum Gasteiger partial charge on any atom is 0.328 e. The Balaban J connectivity index is 2.45. The van der Waals surface area contributed by atoms with Gasteiger partial charge in [-0.1, -0.05) is 23.7 Å². The molecule has 0 N–H and O–H groups in total. The Kier molecular flexibility index (Phi) is 4.85. The third kappa shape index (κ3) is 3.19. The zero-order chi connectivity index (χ0) is 15.4. The van der Waals surface area contributed by atoms with E-state index in [1.807, 2.05) is 0 Å². The molecular weight excluding hydrogens is 296 g/mol. The molecule has 5 nitrogen and oxygen atoms in total. The van der Waals surface area contributed by atoms with E-state index in [0.29, 0.717) is 16.0 Å². The van der Waals surface area contributed by atoms with Crippen LogP contribution in [0.5, 0.6) is 0 Å². The molecule has 1 aromatic carbocycles. The number of hydrogen-bond acceptors (Lipinski definition) is 5. The second-order valence-electron chi connectivity index (χ2n) is 4.24. The number of furan rings is 1. The summed E-state index contributed by atoms with van der Waals surface area (Å²) in [5, 5.41) is 1.11. The number of carbonyl (C=O) groups excluding carboxylic acids is 2. The number of para-hydroxylation sites is 1. The first kappa shape index (κ1) is 15.4. The van der Waals surface area contributed by atoms with Crippen LogP contribution in [0.2, 0.25) is 5.02 Å². The van der Waals surface area contributed by atoms with Crippen LogP contribution in [0.15, 0.2) is 28.7 Å². The number of rotatable bonds is 5. The maximum atomic E-state index is 12.0. The molecule has 0 aliphatic carbocycles. The van der Waals surface area contributed by atoms with Crippen molar-refractivity contribution in [2.24, 2.45) is 0 Å². The number of benzene rings is 1. The van der Waals surface area contributed by atoms with Crippen LogP contribution >= 0.6 is 11.6 Å². The molecule has 0 amide bonds. The van der Waals surface area contributed by atoms with Crippen molar-refractivity contribution in [3.63, 3.8) is 0 Å². The summed E-state index contributed by atoms with van der Waals surface area (Å²) in [6, 6.07) is 6.80. The summed E-state index contributed by atoms with van der Waals surface area (Å²) in [5.41, 5.74) is 0.424. The number of ether oxygens (including phenoxy) is 2. The van der Waals surface area contributed by atoms with E-state index < -0.39 is 17.9 Å². The van der Waals surface area contributed by atoms with E-state index in [4.69, 9.17) is 25.5 Å². The minimum atomic E-state index is -1.24. The highest BCUT2D eigenvalue weighted by Crippen LogP contribution is 2.31. The van der Waals surface area contributed by atoms with Crippen molar-refractivity contribution in [1.29, 1.82) is 0 Å². The number of halogens is 1. The van der Waals surface area contributed by atoms with E-state index in [0.717, 1.165) is 0 Å². The second kappa shape index (κ2) is 6.63. The summed E-state index contributed by atoms with van der Waals surface area (Å²) in [6.45, 7) is 3.65. The molecule has 0 aliphatic heterocycles. The summed E-state index contributed by atoms with van der Waals surface area (Å²) < 4.78 is 15.4. The normalized spacial score (nSPS) is 10.9. The van der Waals surface area contributed by atoms with Crippen molar-refractivity contribution in [3.05, 3.63) is 35.0 Å². The zero-order valence-corrected chi connectivity index (χ0v) is 12.5. The average molecular weight is 311 g/mol. The van der Waals surface area contributed by atoms with Crippen LogP contribution in [-0.4, -0.2) is 25.2 Å². The summed E-state index contributed by atoms with van der Waals surface area (Å²) in [6.07, 6.45) is 0. The Morgan fingerprint density at radius 1 is 1.19 bits per heavy atom. The van der Waals surface area contributed by atoms with E-state index in [2.05, 4.69) is 0 Å². The Labute approximate surface area is 126 Å². The van der Waals surface area contributed by atoms with Crippen molar-refractivity contribution in [2.45, 2.75) is 19.8 Å². The quantitative estimate of drug-likeness (QED) is 0.626. The van der Waals surface area contributed by atoms with Crippen LogP contribution in [0.4, 0.5) is 0 Å². The van der Waals surface area contributed by atoms with Gasteiger partial charge in [-0.15, -0.1) is 0 Å². The topological polar surface area (TPSA) is 65.7 Å². The Morgan fingerprint density at radius 2 is 1.81 bits per heavy atom.